The molecule has 0 saturated carbocycles. The highest BCUT2D eigenvalue weighted by Crippen LogP contribution is 2.17. The van der Waals surface area contributed by atoms with Crippen molar-refractivity contribution in [1.82, 2.24) is 10.6 Å². The average molecular weight is 346 g/mol. The van der Waals surface area contributed by atoms with Gasteiger partial charge in [-0.2, -0.15) is 0 Å². The molecule has 0 spiro atoms. The first-order valence-electron chi connectivity index (χ1n) is 8.37. The Kier molecular flexibility index (Phi) is 7.35. The van der Waals surface area contributed by atoms with Gasteiger partial charge in [-0.3, -0.25) is 0 Å². The Morgan fingerprint density at radius 2 is 1.96 bits per heavy atom. The molecule has 25 heavy (non-hydrogen) atoms. The first-order chi connectivity index (χ1) is 12.1. The van der Waals surface area contributed by atoms with Crippen LogP contribution in [0.4, 0.5) is 4.79 Å². The number of urea groups is 1. The van der Waals surface area contributed by atoms with Gasteiger partial charge < -0.3 is 24.5 Å². The number of ether oxygens (including phenoxy) is 2. The molecule has 0 bridgehead atoms. The number of rotatable bonds is 9. The number of hydrogen-bond donors (Lipinski definition) is 2. The molecule has 1 atom stereocenters. The molecular formula is C19H26N2O4. The van der Waals surface area contributed by atoms with Crippen LogP contribution >= 0.6 is 0 Å². The van der Waals surface area contributed by atoms with Crippen LogP contribution in [0.3, 0.4) is 0 Å². The Bertz CT molecular complexity index is 641. The van der Waals surface area contributed by atoms with Gasteiger partial charge >= 0.3 is 6.03 Å². The maximum atomic E-state index is 12.3. The molecule has 6 heteroatoms. The van der Waals surface area contributed by atoms with Gasteiger partial charge in [-0.05, 0) is 24.1 Å². The normalized spacial score (nSPS) is 12.0. The van der Waals surface area contributed by atoms with Crippen LogP contribution in [0.2, 0.25) is 0 Å². The molecule has 0 aliphatic carbocycles. The standard InChI is InChI=1S/C19H26N2O4/c1-14(2)12-24-13-16(18-9-6-10-25-18)21-19(22)20-11-15-7-4-5-8-17(15)23-3/h4-10,14,16H,11-13H2,1-3H3,(H2,20,21,22). The van der Waals surface area contributed by atoms with E-state index in [-0.39, 0.29) is 12.1 Å². The lowest BCUT2D eigenvalue weighted by Gasteiger charge is -2.18. The van der Waals surface area contributed by atoms with Crippen molar-refractivity contribution in [3.8, 4) is 5.75 Å². The fraction of sp³-hybridized carbons (Fsp3) is 0.421. The van der Waals surface area contributed by atoms with Crippen molar-refractivity contribution in [2.24, 2.45) is 5.92 Å². The summed E-state index contributed by atoms with van der Waals surface area (Å²) in [7, 11) is 1.61. The summed E-state index contributed by atoms with van der Waals surface area (Å²) in [5, 5.41) is 5.73. The predicted molar refractivity (Wildman–Crippen MR) is 95.5 cm³/mol. The molecule has 1 unspecified atom stereocenters. The van der Waals surface area contributed by atoms with Gasteiger partial charge in [0.25, 0.3) is 0 Å². The number of carbonyl (C=O) groups is 1. The van der Waals surface area contributed by atoms with Crippen LogP contribution in [0.15, 0.2) is 47.1 Å². The quantitative estimate of drug-likeness (QED) is 0.729. The van der Waals surface area contributed by atoms with Crippen LogP contribution in [-0.4, -0.2) is 26.4 Å². The van der Waals surface area contributed by atoms with E-state index >= 15 is 0 Å². The average Bonchev–Trinajstić information content (AvgIpc) is 3.13. The Hall–Kier alpha value is -2.47. The minimum atomic E-state index is -0.341. The van der Waals surface area contributed by atoms with Crippen LogP contribution in [0.5, 0.6) is 5.75 Å². The number of nitrogens with one attached hydrogen (secondary N) is 2. The van der Waals surface area contributed by atoms with E-state index in [1.807, 2.05) is 30.3 Å². The smallest absolute Gasteiger partial charge is 0.315 e. The molecule has 2 aromatic rings. The molecule has 0 fully saturated rings. The van der Waals surface area contributed by atoms with Crippen molar-refractivity contribution < 1.29 is 18.7 Å². The van der Waals surface area contributed by atoms with Gasteiger partial charge in [0.05, 0.1) is 20.0 Å². The van der Waals surface area contributed by atoms with E-state index in [9.17, 15) is 4.79 Å². The molecule has 1 aromatic heterocycles. The summed E-state index contributed by atoms with van der Waals surface area (Å²) in [5.74, 6) is 1.83. The second kappa shape index (κ2) is 9.74. The predicted octanol–water partition coefficient (Wildman–Crippen LogP) is 3.50. The zero-order chi connectivity index (χ0) is 18.1. The zero-order valence-corrected chi connectivity index (χ0v) is 15.0. The molecule has 0 radical (unpaired) electrons. The van der Waals surface area contributed by atoms with Gasteiger partial charge in [-0.1, -0.05) is 32.0 Å². The van der Waals surface area contributed by atoms with Crippen molar-refractivity contribution >= 4 is 6.03 Å². The highest BCUT2D eigenvalue weighted by atomic mass is 16.5. The summed E-state index contributed by atoms with van der Waals surface area (Å²) in [6.45, 7) is 5.51. The van der Waals surface area contributed by atoms with Crippen LogP contribution in [0.1, 0.15) is 31.2 Å². The molecule has 0 aliphatic heterocycles. The van der Waals surface area contributed by atoms with Gasteiger partial charge in [0.1, 0.15) is 17.6 Å². The summed E-state index contributed by atoms with van der Waals surface area (Å²) in [5.41, 5.74) is 0.908. The van der Waals surface area contributed by atoms with E-state index < -0.39 is 0 Å². The highest BCUT2D eigenvalue weighted by molar-refractivity contribution is 5.74. The highest BCUT2D eigenvalue weighted by Gasteiger charge is 2.18. The largest absolute Gasteiger partial charge is 0.496 e. The number of para-hydroxylation sites is 1. The Morgan fingerprint density at radius 1 is 1.16 bits per heavy atom. The lowest BCUT2D eigenvalue weighted by Crippen LogP contribution is -2.39. The third-order valence-electron chi connectivity index (χ3n) is 3.56. The van der Waals surface area contributed by atoms with Crippen LogP contribution in [0, 0.1) is 5.92 Å². The van der Waals surface area contributed by atoms with Crippen molar-refractivity contribution in [2.45, 2.75) is 26.4 Å². The lowest BCUT2D eigenvalue weighted by molar-refractivity contribution is 0.0868. The Balaban J connectivity index is 1.90. The third kappa shape index (κ3) is 6.15. The summed E-state index contributed by atoms with van der Waals surface area (Å²) >= 11 is 0. The van der Waals surface area contributed by atoms with Crippen molar-refractivity contribution in [3.05, 3.63) is 54.0 Å². The number of furan rings is 1. The van der Waals surface area contributed by atoms with Gasteiger partial charge in [-0.25, -0.2) is 4.79 Å². The molecule has 0 saturated heterocycles. The summed E-state index contributed by atoms with van der Waals surface area (Å²) in [6.07, 6.45) is 1.58. The Morgan fingerprint density at radius 3 is 2.64 bits per heavy atom. The van der Waals surface area contributed by atoms with E-state index in [1.54, 1.807) is 19.4 Å². The van der Waals surface area contributed by atoms with Gasteiger partial charge in [0.15, 0.2) is 0 Å². The van der Waals surface area contributed by atoms with Gasteiger partial charge in [0.2, 0.25) is 0 Å². The molecule has 136 valence electrons. The molecular weight excluding hydrogens is 320 g/mol. The molecule has 6 nitrogen and oxygen atoms in total. The van der Waals surface area contributed by atoms with E-state index in [0.717, 1.165) is 11.3 Å². The van der Waals surface area contributed by atoms with E-state index in [2.05, 4.69) is 24.5 Å². The monoisotopic (exact) mass is 346 g/mol. The fourth-order valence-corrected chi connectivity index (χ4v) is 2.34. The number of hydrogen-bond acceptors (Lipinski definition) is 4. The Labute approximate surface area is 148 Å². The third-order valence-corrected chi connectivity index (χ3v) is 3.56. The van der Waals surface area contributed by atoms with Crippen LogP contribution in [-0.2, 0) is 11.3 Å². The maximum absolute atomic E-state index is 12.3. The minimum Gasteiger partial charge on any atom is -0.496 e. The van der Waals surface area contributed by atoms with Gasteiger partial charge in [-0.15, -0.1) is 0 Å². The summed E-state index contributed by atoms with van der Waals surface area (Å²) in [6, 6.07) is 10.6. The first-order valence-corrected chi connectivity index (χ1v) is 8.37. The number of carbonyl (C=O) groups excluding carboxylic acids is 1. The topological polar surface area (TPSA) is 72.7 Å². The maximum Gasteiger partial charge on any atom is 0.315 e. The molecule has 2 rings (SSSR count). The summed E-state index contributed by atoms with van der Waals surface area (Å²) in [4.78, 5) is 12.3. The number of benzene rings is 1. The van der Waals surface area contributed by atoms with Crippen molar-refractivity contribution in [1.29, 1.82) is 0 Å². The number of amides is 2. The fourth-order valence-electron chi connectivity index (χ4n) is 2.34. The lowest BCUT2D eigenvalue weighted by atomic mass is 10.2. The second-order valence-electron chi connectivity index (χ2n) is 6.14. The molecule has 1 aromatic carbocycles. The van der Waals surface area contributed by atoms with E-state index in [0.29, 0.717) is 31.4 Å². The molecule has 2 N–H and O–H groups in total. The van der Waals surface area contributed by atoms with Gasteiger partial charge in [0, 0.05) is 18.7 Å². The van der Waals surface area contributed by atoms with Crippen molar-refractivity contribution in [3.63, 3.8) is 0 Å². The first kappa shape index (κ1) is 18.9. The molecule has 0 aliphatic rings. The number of methoxy groups -OCH3 is 1. The van der Waals surface area contributed by atoms with Crippen LogP contribution < -0.4 is 15.4 Å². The van der Waals surface area contributed by atoms with E-state index in [1.165, 1.54) is 0 Å². The van der Waals surface area contributed by atoms with Crippen molar-refractivity contribution in [2.75, 3.05) is 20.3 Å². The minimum absolute atomic E-state index is 0.291. The zero-order valence-electron chi connectivity index (χ0n) is 15.0. The summed E-state index contributed by atoms with van der Waals surface area (Å²) < 4.78 is 16.4. The van der Waals surface area contributed by atoms with E-state index in [4.69, 9.17) is 13.9 Å². The molecule has 1 heterocycles. The second-order valence-corrected chi connectivity index (χ2v) is 6.14. The van der Waals surface area contributed by atoms with Crippen LogP contribution in [0.25, 0.3) is 0 Å². The molecule has 2 amide bonds. The SMILES string of the molecule is COc1ccccc1CNC(=O)NC(COCC(C)C)c1ccco1.